The molecule has 28 heavy (non-hydrogen) atoms. The molecule has 0 aliphatic carbocycles. The van der Waals surface area contributed by atoms with E-state index >= 15 is 0 Å². The lowest BCUT2D eigenvalue weighted by Gasteiger charge is -2.10. The summed E-state index contributed by atoms with van der Waals surface area (Å²) in [6.45, 7) is 0.222. The lowest BCUT2D eigenvalue weighted by Crippen LogP contribution is -2.36. The number of anilines is 1. The van der Waals surface area contributed by atoms with Gasteiger partial charge < -0.3 is 14.8 Å². The summed E-state index contributed by atoms with van der Waals surface area (Å²) in [5.74, 6) is -0.247. The van der Waals surface area contributed by atoms with Crippen LogP contribution in [0.3, 0.4) is 0 Å². The topological polar surface area (TPSA) is 105 Å². The zero-order valence-electron chi connectivity index (χ0n) is 14.9. The number of fused-ring (bicyclic) bond motifs is 1. The number of amides is 2. The van der Waals surface area contributed by atoms with E-state index in [4.69, 9.17) is 4.74 Å². The highest BCUT2D eigenvalue weighted by Crippen LogP contribution is 2.26. The zero-order valence-corrected chi connectivity index (χ0v) is 14.9. The fourth-order valence-corrected chi connectivity index (χ4v) is 3.16. The second-order valence-electron chi connectivity index (χ2n) is 6.30. The molecule has 2 aromatic carbocycles. The maximum absolute atomic E-state index is 12.6. The number of hydrogen-bond acceptors (Lipinski definition) is 6. The van der Waals surface area contributed by atoms with Gasteiger partial charge in [-0.2, -0.15) is 5.10 Å². The molecule has 9 heteroatoms. The first kappa shape index (κ1) is 18.0. The first-order valence-corrected chi connectivity index (χ1v) is 8.54. The third-order valence-electron chi connectivity index (χ3n) is 4.58. The zero-order chi connectivity index (χ0) is 19.8. The van der Waals surface area contributed by atoms with E-state index in [9.17, 15) is 19.6 Å². The lowest BCUT2D eigenvalue weighted by molar-refractivity contribution is 0.0925. The highest BCUT2D eigenvalue weighted by Gasteiger charge is 2.38. The number of imide groups is 1. The number of ether oxygens (including phenoxy) is 1. The van der Waals surface area contributed by atoms with Crippen molar-refractivity contribution in [1.29, 1.82) is 0 Å². The monoisotopic (exact) mass is 377 g/mol. The van der Waals surface area contributed by atoms with Gasteiger partial charge in [-0.1, -0.05) is 24.3 Å². The van der Waals surface area contributed by atoms with E-state index in [-0.39, 0.29) is 18.0 Å². The molecule has 0 spiro atoms. The molecule has 1 aliphatic heterocycles. The van der Waals surface area contributed by atoms with Crippen molar-refractivity contribution < 1.29 is 24.4 Å². The summed E-state index contributed by atoms with van der Waals surface area (Å²) in [4.78, 5) is 26.2. The molecule has 0 saturated carbocycles. The van der Waals surface area contributed by atoms with E-state index in [1.165, 1.54) is 10.7 Å². The normalized spacial score (nSPS) is 13.0. The van der Waals surface area contributed by atoms with Crippen molar-refractivity contribution in [2.75, 3.05) is 12.0 Å². The van der Waals surface area contributed by atoms with Crippen molar-refractivity contribution in [2.45, 2.75) is 6.54 Å². The molecule has 140 valence electrons. The maximum atomic E-state index is 12.6. The van der Waals surface area contributed by atoms with Crippen molar-refractivity contribution in [3.8, 4) is 5.75 Å². The summed E-state index contributed by atoms with van der Waals surface area (Å²) >= 11 is 0. The Labute approximate surface area is 160 Å². The Balaban J connectivity index is 1.69. The number of carbonyl (C=O) groups excluding carboxylic acids is 2. The smallest absolute Gasteiger partial charge is 0.497 e. The number of nitrogens with zero attached hydrogens (tertiary/aromatic N) is 3. The van der Waals surface area contributed by atoms with Gasteiger partial charge in [-0.05, 0) is 29.8 Å². The molecule has 2 amide bonds. The molecule has 0 unspecified atom stereocenters. The second-order valence-corrected chi connectivity index (χ2v) is 6.30. The number of hydrogen-bond donors (Lipinski definition) is 2. The number of carbonyl (C=O) groups is 2. The molecular weight excluding hydrogens is 361 g/mol. The minimum atomic E-state index is -1.81. The van der Waals surface area contributed by atoms with Gasteiger partial charge in [0, 0.05) is 6.07 Å². The van der Waals surface area contributed by atoms with Gasteiger partial charge in [0.05, 0.1) is 30.4 Å². The number of methoxy groups -OCH3 is 1. The lowest BCUT2D eigenvalue weighted by atomic mass is 9.86. The SMILES string of the molecule is COc1ccc(Cn2nc(N3C(=O)c4ccccc4C3=O)cc2B(O)O)cc1. The van der Waals surface area contributed by atoms with E-state index in [1.807, 2.05) is 12.1 Å². The van der Waals surface area contributed by atoms with Crippen LogP contribution in [0.4, 0.5) is 5.82 Å². The van der Waals surface area contributed by atoms with Crippen LogP contribution in [-0.4, -0.2) is 45.9 Å². The quantitative estimate of drug-likeness (QED) is 0.493. The van der Waals surface area contributed by atoms with Gasteiger partial charge in [-0.15, -0.1) is 0 Å². The predicted octanol–water partition coefficient (Wildman–Crippen LogP) is 0.420. The van der Waals surface area contributed by atoms with Crippen LogP contribution in [0.15, 0.2) is 54.6 Å². The molecule has 0 saturated heterocycles. The molecule has 3 aromatic rings. The van der Waals surface area contributed by atoms with Crippen molar-refractivity contribution in [3.05, 3.63) is 71.3 Å². The summed E-state index contributed by atoms with van der Waals surface area (Å²) in [6, 6.07) is 15.0. The molecule has 1 aromatic heterocycles. The van der Waals surface area contributed by atoms with Crippen molar-refractivity contribution >= 4 is 30.3 Å². The van der Waals surface area contributed by atoms with E-state index in [0.29, 0.717) is 16.9 Å². The largest absolute Gasteiger partial charge is 0.507 e. The van der Waals surface area contributed by atoms with Crippen molar-refractivity contribution in [1.82, 2.24) is 9.78 Å². The number of benzene rings is 2. The highest BCUT2D eigenvalue weighted by molar-refractivity contribution is 6.58. The summed E-state index contributed by atoms with van der Waals surface area (Å²) < 4.78 is 6.48. The summed E-state index contributed by atoms with van der Waals surface area (Å²) in [5, 5.41) is 23.7. The van der Waals surface area contributed by atoms with Gasteiger partial charge in [0.15, 0.2) is 5.82 Å². The minimum Gasteiger partial charge on any atom is -0.497 e. The van der Waals surface area contributed by atoms with Crippen molar-refractivity contribution in [2.24, 2.45) is 0 Å². The first-order valence-electron chi connectivity index (χ1n) is 8.54. The molecule has 4 rings (SSSR count). The fraction of sp³-hybridized carbons (Fsp3) is 0.105. The van der Waals surface area contributed by atoms with Gasteiger partial charge in [0.25, 0.3) is 11.8 Å². The average Bonchev–Trinajstić information content (AvgIpc) is 3.22. The van der Waals surface area contributed by atoms with Gasteiger partial charge in [-0.3, -0.25) is 14.3 Å². The van der Waals surface area contributed by atoms with Gasteiger partial charge in [0.1, 0.15) is 5.75 Å². The van der Waals surface area contributed by atoms with Crippen LogP contribution < -0.4 is 15.2 Å². The summed E-state index contributed by atoms with van der Waals surface area (Å²) in [5.41, 5.74) is 1.49. The van der Waals surface area contributed by atoms with Gasteiger partial charge in [0.2, 0.25) is 0 Å². The van der Waals surface area contributed by atoms with E-state index < -0.39 is 18.9 Å². The van der Waals surface area contributed by atoms with Crippen LogP contribution in [0.2, 0.25) is 0 Å². The van der Waals surface area contributed by atoms with Crippen LogP contribution in [0.5, 0.6) is 5.75 Å². The molecule has 0 fully saturated rings. The number of aromatic nitrogens is 2. The Hall–Kier alpha value is -3.43. The Bertz CT molecular complexity index is 1030. The Morgan fingerprint density at radius 2 is 1.61 bits per heavy atom. The average molecular weight is 377 g/mol. The highest BCUT2D eigenvalue weighted by atomic mass is 16.5. The van der Waals surface area contributed by atoms with Crippen LogP contribution >= 0.6 is 0 Å². The third kappa shape index (κ3) is 2.96. The fourth-order valence-electron chi connectivity index (χ4n) is 3.16. The summed E-state index contributed by atoms with van der Waals surface area (Å²) in [6.07, 6.45) is 0. The maximum Gasteiger partial charge on any atom is 0.507 e. The van der Waals surface area contributed by atoms with E-state index in [1.54, 1.807) is 43.5 Å². The Morgan fingerprint density at radius 3 is 2.14 bits per heavy atom. The molecule has 0 atom stereocenters. The molecule has 0 radical (unpaired) electrons. The molecule has 0 bridgehead atoms. The van der Waals surface area contributed by atoms with Crippen LogP contribution in [0.1, 0.15) is 26.3 Å². The third-order valence-corrected chi connectivity index (χ3v) is 4.58. The summed E-state index contributed by atoms with van der Waals surface area (Å²) in [7, 11) is -0.244. The Kier molecular flexibility index (Phi) is 4.46. The van der Waals surface area contributed by atoms with Crippen LogP contribution in [0.25, 0.3) is 0 Å². The number of rotatable bonds is 5. The van der Waals surface area contributed by atoms with E-state index in [2.05, 4.69) is 5.10 Å². The van der Waals surface area contributed by atoms with Crippen LogP contribution in [-0.2, 0) is 6.54 Å². The van der Waals surface area contributed by atoms with Crippen molar-refractivity contribution in [3.63, 3.8) is 0 Å². The minimum absolute atomic E-state index is 0.0443. The molecular formula is C19H16BN3O5. The molecule has 2 heterocycles. The van der Waals surface area contributed by atoms with Crippen LogP contribution in [0, 0.1) is 0 Å². The first-order chi connectivity index (χ1) is 13.5. The molecule has 1 aliphatic rings. The standard InChI is InChI=1S/C19H16BN3O5/c1-28-13-8-6-12(7-9-13)11-22-16(20(26)27)10-17(21-22)23-18(24)14-4-2-3-5-15(14)19(23)25/h2-10,26-27H,11H2,1H3. The second kappa shape index (κ2) is 6.95. The van der Waals surface area contributed by atoms with Gasteiger partial charge in [-0.25, -0.2) is 4.90 Å². The predicted molar refractivity (Wildman–Crippen MR) is 102 cm³/mol. The molecule has 8 nitrogen and oxygen atoms in total. The molecule has 2 N–H and O–H groups in total. The Morgan fingerprint density at radius 1 is 1.00 bits per heavy atom. The van der Waals surface area contributed by atoms with Gasteiger partial charge >= 0.3 is 7.12 Å². The van der Waals surface area contributed by atoms with E-state index in [0.717, 1.165) is 10.5 Å².